The van der Waals surface area contributed by atoms with Gasteiger partial charge in [0.1, 0.15) is 0 Å². The van der Waals surface area contributed by atoms with Crippen LogP contribution in [0.25, 0.3) is 10.9 Å². The number of H-pyrrole nitrogens is 1. The molecule has 6 heteroatoms. The number of nitrogens with one attached hydrogen (secondary N) is 1. The molecule has 0 saturated carbocycles. The molecule has 152 valence electrons. The number of rotatable bonds is 4. The molecule has 1 aromatic carbocycles. The fourth-order valence-corrected chi connectivity index (χ4v) is 4.61. The molecule has 2 aliphatic heterocycles. The Bertz CT molecular complexity index is 818. The number of ether oxygens (including phenoxy) is 1. The van der Waals surface area contributed by atoms with Crippen LogP contribution < -0.4 is 0 Å². The molecule has 2 aliphatic rings. The van der Waals surface area contributed by atoms with Crippen molar-refractivity contribution in [2.75, 3.05) is 66.6 Å². The zero-order valence-electron chi connectivity index (χ0n) is 17.1. The number of aromatic nitrogens is 1. The van der Waals surface area contributed by atoms with Gasteiger partial charge in [-0.05, 0) is 51.2 Å². The third-order valence-electron chi connectivity index (χ3n) is 6.13. The maximum Gasteiger partial charge on any atom is 0.253 e. The molecular weight excluding hydrogens is 352 g/mol. The number of piperidine rings is 1. The molecule has 4 rings (SSSR count). The van der Waals surface area contributed by atoms with E-state index in [0.717, 1.165) is 81.8 Å². The Hall–Kier alpha value is -1.89. The Balaban J connectivity index is 1.48. The molecule has 3 heterocycles. The molecule has 2 aromatic rings. The van der Waals surface area contributed by atoms with Crippen molar-refractivity contribution < 1.29 is 9.53 Å². The lowest BCUT2D eigenvalue weighted by Gasteiger charge is -2.43. The fourth-order valence-electron chi connectivity index (χ4n) is 4.61. The van der Waals surface area contributed by atoms with Gasteiger partial charge in [-0.25, -0.2) is 0 Å². The Morgan fingerprint density at radius 3 is 3.00 bits per heavy atom. The predicted octanol–water partition coefficient (Wildman–Crippen LogP) is 2.28. The number of benzene rings is 1. The largest absolute Gasteiger partial charge is 0.379 e. The van der Waals surface area contributed by atoms with Gasteiger partial charge in [0.05, 0.1) is 13.2 Å². The van der Waals surface area contributed by atoms with Gasteiger partial charge in [-0.15, -0.1) is 0 Å². The third kappa shape index (κ3) is 4.24. The van der Waals surface area contributed by atoms with E-state index in [1.165, 1.54) is 0 Å². The van der Waals surface area contributed by atoms with E-state index in [0.29, 0.717) is 0 Å². The average Bonchev–Trinajstić information content (AvgIpc) is 3.08. The fraction of sp³-hybridized carbons (Fsp3) is 0.591. The second kappa shape index (κ2) is 8.23. The second-order valence-corrected chi connectivity index (χ2v) is 8.74. The molecule has 0 radical (unpaired) electrons. The molecular formula is C22H32N4O2. The van der Waals surface area contributed by atoms with Gasteiger partial charge in [0.2, 0.25) is 0 Å². The van der Waals surface area contributed by atoms with Crippen LogP contribution in [0.3, 0.4) is 0 Å². The first kappa shape index (κ1) is 19.4. The molecule has 1 spiro atoms. The van der Waals surface area contributed by atoms with Crippen LogP contribution in [-0.2, 0) is 4.74 Å². The first-order valence-electron chi connectivity index (χ1n) is 10.4. The van der Waals surface area contributed by atoms with Crippen molar-refractivity contribution in [2.45, 2.75) is 12.8 Å². The van der Waals surface area contributed by atoms with Gasteiger partial charge in [-0.1, -0.05) is 0 Å². The molecule has 1 amide bonds. The van der Waals surface area contributed by atoms with Crippen molar-refractivity contribution in [2.24, 2.45) is 5.41 Å². The second-order valence-electron chi connectivity index (χ2n) is 8.74. The first-order chi connectivity index (χ1) is 13.5. The number of aromatic amines is 1. The van der Waals surface area contributed by atoms with E-state index in [-0.39, 0.29) is 11.3 Å². The highest BCUT2D eigenvalue weighted by Gasteiger charge is 2.40. The van der Waals surface area contributed by atoms with Crippen LogP contribution in [0.5, 0.6) is 0 Å². The third-order valence-corrected chi connectivity index (χ3v) is 6.13. The Labute approximate surface area is 167 Å². The summed E-state index contributed by atoms with van der Waals surface area (Å²) in [7, 11) is 4.23. The number of fused-ring (bicyclic) bond motifs is 1. The highest BCUT2D eigenvalue weighted by Crippen LogP contribution is 2.33. The van der Waals surface area contributed by atoms with Crippen molar-refractivity contribution in [3.63, 3.8) is 0 Å². The lowest BCUT2D eigenvalue weighted by molar-refractivity contribution is 0.00717. The van der Waals surface area contributed by atoms with Crippen LogP contribution in [0.2, 0.25) is 0 Å². The monoisotopic (exact) mass is 384 g/mol. The summed E-state index contributed by atoms with van der Waals surface area (Å²) < 4.78 is 6.01. The summed E-state index contributed by atoms with van der Waals surface area (Å²) in [6, 6.07) is 7.96. The first-order valence-corrected chi connectivity index (χ1v) is 10.4. The molecule has 2 fully saturated rings. The standard InChI is InChI=1S/C22H32N4O2/c1-24(2)10-11-25-12-13-28-17-22(15-25)7-3-9-26(16-22)21(27)19-4-5-20-18(14-19)6-8-23-20/h4-6,8,14,23H,3,7,9-13,15-17H2,1-2H3. The molecule has 1 unspecified atom stereocenters. The van der Waals surface area contributed by atoms with Crippen molar-refractivity contribution in [3.8, 4) is 0 Å². The lowest BCUT2D eigenvalue weighted by Crippen LogP contribution is -2.52. The van der Waals surface area contributed by atoms with Gasteiger partial charge in [0.25, 0.3) is 5.91 Å². The number of hydrogen-bond donors (Lipinski definition) is 1. The summed E-state index contributed by atoms with van der Waals surface area (Å²) in [5.74, 6) is 0.145. The quantitative estimate of drug-likeness (QED) is 0.879. The van der Waals surface area contributed by atoms with E-state index in [1.54, 1.807) is 0 Å². The molecule has 2 saturated heterocycles. The average molecular weight is 385 g/mol. The zero-order valence-corrected chi connectivity index (χ0v) is 17.1. The molecule has 0 bridgehead atoms. The number of likely N-dealkylation sites (N-methyl/N-ethyl adjacent to an activating group) is 1. The zero-order chi connectivity index (χ0) is 19.6. The smallest absolute Gasteiger partial charge is 0.253 e. The van der Waals surface area contributed by atoms with Crippen LogP contribution in [0.4, 0.5) is 0 Å². The number of amides is 1. The van der Waals surface area contributed by atoms with E-state index >= 15 is 0 Å². The summed E-state index contributed by atoms with van der Waals surface area (Å²) in [6.07, 6.45) is 4.09. The summed E-state index contributed by atoms with van der Waals surface area (Å²) in [6.45, 7) is 7.26. The van der Waals surface area contributed by atoms with E-state index in [2.05, 4.69) is 33.8 Å². The van der Waals surface area contributed by atoms with Crippen LogP contribution in [-0.4, -0.2) is 92.2 Å². The van der Waals surface area contributed by atoms with E-state index < -0.39 is 0 Å². The molecule has 0 aliphatic carbocycles. The summed E-state index contributed by atoms with van der Waals surface area (Å²) >= 11 is 0. The summed E-state index contributed by atoms with van der Waals surface area (Å²) in [5, 5.41) is 1.09. The molecule has 1 N–H and O–H groups in total. The Kier molecular flexibility index (Phi) is 5.71. The van der Waals surface area contributed by atoms with Crippen molar-refractivity contribution >= 4 is 16.8 Å². The SMILES string of the molecule is CN(C)CCN1CCOCC2(CCCN(C(=O)c3ccc4[nH]ccc4c3)C2)C1. The van der Waals surface area contributed by atoms with Gasteiger partial charge in [-0.2, -0.15) is 0 Å². The van der Waals surface area contributed by atoms with Crippen LogP contribution >= 0.6 is 0 Å². The van der Waals surface area contributed by atoms with Gasteiger partial charge >= 0.3 is 0 Å². The van der Waals surface area contributed by atoms with E-state index in [4.69, 9.17) is 4.74 Å². The maximum absolute atomic E-state index is 13.2. The van der Waals surface area contributed by atoms with Crippen LogP contribution in [0.15, 0.2) is 30.5 Å². The number of likely N-dealkylation sites (tertiary alicyclic amines) is 1. The van der Waals surface area contributed by atoms with Gasteiger partial charge in [-0.3, -0.25) is 9.69 Å². The van der Waals surface area contributed by atoms with Crippen LogP contribution in [0.1, 0.15) is 23.2 Å². The molecule has 1 atom stereocenters. The maximum atomic E-state index is 13.2. The predicted molar refractivity (Wildman–Crippen MR) is 112 cm³/mol. The number of carbonyl (C=O) groups is 1. The van der Waals surface area contributed by atoms with E-state index in [1.807, 2.05) is 30.5 Å². The van der Waals surface area contributed by atoms with Crippen LogP contribution in [0, 0.1) is 5.41 Å². The van der Waals surface area contributed by atoms with Gasteiger partial charge in [0.15, 0.2) is 0 Å². The number of hydrogen-bond acceptors (Lipinski definition) is 4. The summed E-state index contributed by atoms with van der Waals surface area (Å²) in [4.78, 5) is 23.2. The van der Waals surface area contributed by atoms with Gasteiger partial charge in [0, 0.05) is 67.3 Å². The normalized spacial score (nSPS) is 24.2. The highest BCUT2D eigenvalue weighted by atomic mass is 16.5. The highest BCUT2D eigenvalue weighted by molar-refractivity contribution is 5.98. The minimum absolute atomic E-state index is 0.0505. The van der Waals surface area contributed by atoms with E-state index in [9.17, 15) is 4.79 Å². The van der Waals surface area contributed by atoms with Gasteiger partial charge < -0.3 is 19.5 Å². The minimum Gasteiger partial charge on any atom is -0.379 e. The Morgan fingerprint density at radius 1 is 1.25 bits per heavy atom. The molecule has 6 nitrogen and oxygen atoms in total. The van der Waals surface area contributed by atoms with Crippen molar-refractivity contribution in [3.05, 3.63) is 36.0 Å². The number of carbonyl (C=O) groups excluding carboxylic acids is 1. The van der Waals surface area contributed by atoms with Crippen molar-refractivity contribution in [1.82, 2.24) is 19.7 Å². The molecule has 28 heavy (non-hydrogen) atoms. The summed E-state index contributed by atoms with van der Waals surface area (Å²) in [5.41, 5.74) is 1.90. The van der Waals surface area contributed by atoms with Crippen molar-refractivity contribution in [1.29, 1.82) is 0 Å². The topological polar surface area (TPSA) is 51.8 Å². The minimum atomic E-state index is 0.0505. The Morgan fingerprint density at radius 2 is 2.14 bits per heavy atom. The number of nitrogens with zero attached hydrogens (tertiary/aromatic N) is 3. The lowest BCUT2D eigenvalue weighted by atomic mass is 9.80. The molecule has 1 aromatic heterocycles.